The molecular formula is C7H11N3O2S2. The van der Waals surface area contributed by atoms with Gasteiger partial charge >= 0.3 is 0 Å². The van der Waals surface area contributed by atoms with Crippen molar-refractivity contribution in [2.45, 2.75) is 11.3 Å². The van der Waals surface area contributed by atoms with Gasteiger partial charge in [0.25, 0.3) is 0 Å². The Morgan fingerprint density at radius 2 is 2.43 bits per heavy atom. The standard InChI is InChI=1S/C7H11N3O2S2/c1-5-9-10-7(14-5)13-4-6(12)8-2-3-11/h11H,2-4H2,1H3,(H,8,12). The lowest BCUT2D eigenvalue weighted by Gasteiger charge is -1.99. The summed E-state index contributed by atoms with van der Waals surface area (Å²) in [6.45, 7) is 2.14. The van der Waals surface area contributed by atoms with E-state index in [-0.39, 0.29) is 12.5 Å². The molecule has 0 aliphatic heterocycles. The van der Waals surface area contributed by atoms with Crippen LogP contribution in [-0.2, 0) is 4.79 Å². The molecule has 1 aromatic heterocycles. The normalized spacial score (nSPS) is 10.1. The molecule has 14 heavy (non-hydrogen) atoms. The molecule has 0 aromatic carbocycles. The summed E-state index contributed by atoms with van der Waals surface area (Å²) < 4.78 is 0.793. The predicted octanol–water partition coefficient (Wildman–Crippen LogP) is 0.0471. The zero-order chi connectivity index (χ0) is 10.4. The van der Waals surface area contributed by atoms with Crippen LogP contribution in [0, 0.1) is 6.92 Å². The van der Waals surface area contributed by atoms with Gasteiger partial charge < -0.3 is 10.4 Å². The monoisotopic (exact) mass is 233 g/mol. The second kappa shape index (κ2) is 5.94. The number of amides is 1. The van der Waals surface area contributed by atoms with Gasteiger partial charge in [-0.05, 0) is 6.92 Å². The Balaban J connectivity index is 2.23. The molecule has 7 heteroatoms. The minimum Gasteiger partial charge on any atom is -0.395 e. The van der Waals surface area contributed by atoms with Crippen LogP contribution in [0.3, 0.4) is 0 Å². The summed E-state index contributed by atoms with van der Waals surface area (Å²) in [7, 11) is 0. The van der Waals surface area contributed by atoms with E-state index in [4.69, 9.17) is 5.11 Å². The number of hydrogen-bond donors (Lipinski definition) is 2. The van der Waals surface area contributed by atoms with Gasteiger partial charge in [-0.2, -0.15) is 0 Å². The van der Waals surface area contributed by atoms with Crippen LogP contribution in [-0.4, -0.2) is 40.1 Å². The third-order valence-corrected chi connectivity index (χ3v) is 3.24. The molecule has 1 amide bonds. The van der Waals surface area contributed by atoms with Gasteiger partial charge in [0, 0.05) is 6.54 Å². The lowest BCUT2D eigenvalue weighted by molar-refractivity contribution is -0.118. The summed E-state index contributed by atoms with van der Waals surface area (Å²) in [5.41, 5.74) is 0. The highest BCUT2D eigenvalue weighted by Gasteiger charge is 2.05. The van der Waals surface area contributed by atoms with Gasteiger partial charge in [0.2, 0.25) is 5.91 Å². The van der Waals surface area contributed by atoms with Crippen LogP contribution in [0.5, 0.6) is 0 Å². The van der Waals surface area contributed by atoms with Crippen molar-refractivity contribution in [3.05, 3.63) is 5.01 Å². The van der Waals surface area contributed by atoms with Crippen LogP contribution in [0.25, 0.3) is 0 Å². The van der Waals surface area contributed by atoms with Gasteiger partial charge in [0.1, 0.15) is 5.01 Å². The van der Waals surface area contributed by atoms with Crippen molar-refractivity contribution < 1.29 is 9.90 Å². The van der Waals surface area contributed by atoms with Crippen molar-refractivity contribution >= 4 is 29.0 Å². The topological polar surface area (TPSA) is 75.1 Å². The van der Waals surface area contributed by atoms with Crippen LogP contribution in [0.1, 0.15) is 5.01 Å². The molecule has 0 aliphatic rings. The largest absolute Gasteiger partial charge is 0.395 e. The smallest absolute Gasteiger partial charge is 0.230 e. The van der Waals surface area contributed by atoms with Gasteiger partial charge in [-0.3, -0.25) is 4.79 Å². The summed E-state index contributed by atoms with van der Waals surface area (Å²) in [4.78, 5) is 11.1. The molecule has 0 fully saturated rings. The second-order valence-corrected chi connectivity index (χ2v) is 4.85. The number of carbonyl (C=O) groups excluding carboxylic acids is 1. The number of nitrogens with one attached hydrogen (secondary N) is 1. The van der Waals surface area contributed by atoms with Crippen molar-refractivity contribution in [1.29, 1.82) is 0 Å². The number of rotatable bonds is 5. The molecule has 0 saturated carbocycles. The number of aliphatic hydroxyl groups excluding tert-OH is 1. The molecule has 0 unspecified atom stereocenters. The molecule has 5 nitrogen and oxygen atoms in total. The van der Waals surface area contributed by atoms with Crippen molar-refractivity contribution in [1.82, 2.24) is 15.5 Å². The Labute approximate surface area is 89.9 Å². The quantitative estimate of drug-likeness (QED) is 0.703. The fourth-order valence-corrected chi connectivity index (χ4v) is 2.36. The number of nitrogens with zero attached hydrogens (tertiary/aromatic N) is 2. The Bertz CT molecular complexity index is 303. The van der Waals surface area contributed by atoms with E-state index in [2.05, 4.69) is 15.5 Å². The summed E-state index contributed by atoms with van der Waals surface area (Å²) in [6, 6.07) is 0. The highest BCUT2D eigenvalue weighted by molar-refractivity contribution is 8.01. The maximum atomic E-state index is 11.1. The molecule has 0 atom stereocenters. The van der Waals surface area contributed by atoms with Crippen molar-refractivity contribution in [2.75, 3.05) is 18.9 Å². The number of aliphatic hydroxyl groups is 1. The van der Waals surface area contributed by atoms with E-state index in [0.717, 1.165) is 9.35 Å². The van der Waals surface area contributed by atoms with E-state index in [9.17, 15) is 4.79 Å². The zero-order valence-electron chi connectivity index (χ0n) is 7.69. The van der Waals surface area contributed by atoms with E-state index in [1.165, 1.54) is 23.1 Å². The van der Waals surface area contributed by atoms with Crippen LogP contribution in [0.15, 0.2) is 4.34 Å². The minimum absolute atomic E-state index is 0.0334. The van der Waals surface area contributed by atoms with Gasteiger partial charge in [-0.1, -0.05) is 23.1 Å². The van der Waals surface area contributed by atoms with Gasteiger partial charge in [-0.15, -0.1) is 10.2 Å². The highest BCUT2D eigenvalue weighted by atomic mass is 32.2. The number of thioether (sulfide) groups is 1. The first-order valence-electron chi connectivity index (χ1n) is 4.03. The Morgan fingerprint density at radius 3 is 3.00 bits per heavy atom. The first kappa shape index (κ1) is 11.4. The van der Waals surface area contributed by atoms with Gasteiger partial charge in [0.15, 0.2) is 4.34 Å². The molecule has 1 aromatic rings. The average Bonchev–Trinajstić information content (AvgIpc) is 2.58. The van der Waals surface area contributed by atoms with E-state index < -0.39 is 0 Å². The van der Waals surface area contributed by atoms with E-state index in [1.807, 2.05) is 6.92 Å². The summed E-state index contributed by atoms with van der Waals surface area (Å²) in [5.74, 6) is 0.214. The Kier molecular flexibility index (Phi) is 4.85. The van der Waals surface area contributed by atoms with Crippen molar-refractivity contribution in [2.24, 2.45) is 0 Å². The number of carbonyl (C=O) groups is 1. The summed E-state index contributed by atoms with van der Waals surface area (Å²) >= 11 is 2.82. The summed E-state index contributed by atoms with van der Waals surface area (Å²) in [5, 5.41) is 19.6. The minimum atomic E-state index is -0.100. The molecule has 2 N–H and O–H groups in total. The average molecular weight is 233 g/mol. The maximum absolute atomic E-state index is 11.1. The molecule has 1 heterocycles. The van der Waals surface area contributed by atoms with Crippen LogP contribution in [0.4, 0.5) is 0 Å². The summed E-state index contributed by atoms with van der Waals surface area (Å²) in [6.07, 6.45) is 0. The highest BCUT2D eigenvalue weighted by Crippen LogP contribution is 2.21. The van der Waals surface area contributed by atoms with Gasteiger partial charge in [0.05, 0.1) is 12.4 Å². The first-order chi connectivity index (χ1) is 6.72. The van der Waals surface area contributed by atoms with Crippen LogP contribution < -0.4 is 5.32 Å². The Hall–Kier alpha value is -0.660. The molecule has 0 saturated heterocycles. The molecule has 1 rings (SSSR count). The number of aromatic nitrogens is 2. The molecule has 0 bridgehead atoms. The molecule has 78 valence electrons. The lowest BCUT2D eigenvalue weighted by Crippen LogP contribution is -2.27. The van der Waals surface area contributed by atoms with Gasteiger partial charge in [-0.25, -0.2) is 0 Å². The number of hydrogen-bond acceptors (Lipinski definition) is 6. The SMILES string of the molecule is Cc1nnc(SCC(=O)NCCO)s1. The number of aryl methyl sites for hydroxylation is 1. The van der Waals surface area contributed by atoms with Crippen LogP contribution >= 0.6 is 23.1 Å². The van der Waals surface area contributed by atoms with Crippen molar-refractivity contribution in [3.8, 4) is 0 Å². The lowest BCUT2D eigenvalue weighted by atomic mass is 10.6. The predicted molar refractivity (Wildman–Crippen MR) is 55.5 cm³/mol. The van der Waals surface area contributed by atoms with E-state index in [1.54, 1.807) is 0 Å². The van der Waals surface area contributed by atoms with E-state index >= 15 is 0 Å². The maximum Gasteiger partial charge on any atom is 0.230 e. The van der Waals surface area contributed by atoms with Crippen LogP contribution in [0.2, 0.25) is 0 Å². The molecule has 0 aliphatic carbocycles. The first-order valence-corrected chi connectivity index (χ1v) is 5.83. The second-order valence-electron chi connectivity index (χ2n) is 2.45. The fourth-order valence-electron chi connectivity index (χ4n) is 0.710. The fraction of sp³-hybridized carbons (Fsp3) is 0.571. The molecule has 0 spiro atoms. The Morgan fingerprint density at radius 1 is 1.64 bits per heavy atom. The molecule has 0 radical (unpaired) electrons. The molecular weight excluding hydrogens is 222 g/mol. The zero-order valence-corrected chi connectivity index (χ0v) is 9.32. The third-order valence-electron chi connectivity index (χ3n) is 1.27. The van der Waals surface area contributed by atoms with E-state index in [0.29, 0.717) is 12.3 Å². The third kappa shape index (κ3) is 4.03. The van der Waals surface area contributed by atoms with Crippen molar-refractivity contribution in [3.63, 3.8) is 0 Å².